The maximum Gasteiger partial charge on any atom is 0.303 e. The fourth-order valence-corrected chi connectivity index (χ4v) is 5.41. The lowest BCUT2D eigenvalue weighted by Crippen LogP contribution is -2.36. The van der Waals surface area contributed by atoms with E-state index < -0.39 is 5.97 Å². The molecule has 2 aromatic carbocycles. The predicted octanol–water partition coefficient (Wildman–Crippen LogP) is 6.82. The van der Waals surface area contributed by atoms with Crippen LogP contribution in [0.4, 0.5) is 5.69 Å². The highest BCUT2D eigenvalue weighted by Crippen LogP contribution is 2.45. The van der Waals surface area contributed by atoms with Gasteiger partial charge in [-0.15, -0.1) is 0 Å². The van der Waals surface area contributed by atoms with Crippen molar-refractivity contribution >= 4 is 17.4 Å². The molecule has 2 fully saturated rings. The van der Waals surface area contributed by atoms with E-state index >= 15 is 0 Å². The summed E-state index contributed by atoms with van der Waals surface area (Å²) in [6.45, 7) is 8.84. The molecule has 2 aliphatic rings. The van der Waals surface area contributed by atoms with Crippen molar-refractivity contribution in [2.24, 2.45) is 23.7 Å². The molecule has 4 rings (SSSR count). The normalized spacial score (nSPS) is 17.8. The Hall–Kier alpha value is -3.02. The van der Waals surface area contributed by atoms with Crippen LogP contribution >= 0.6 is 0 Å². The number of benzene rings is 2. The van der Waals surface area contributed by atoms with Gasteiger partial charge in [0.25, 0.3) is 0 Å². The summed E-state index contributed by atoms with van der Waals surface area (Å²) in [6.07, 6.45) is 4.91. The maximum absolute atomic E-state index is 13.2. The first-order chi connectivity index (χ1) is 18.2. The van der Waals surface area contributed by atoms with Gasteiger partial charge in [-0.05, 0) is 85.1 Å². The molecule has 0 aromatic heterocycles. The Kier molecular flexibility index (Phi) is 9.35. The van der Waals surface area contributed by atoms with Crippen LogP contribution in [0.15, 0.2) is 42.5 Å². The topological polar surface area (TPSA) is 76.1 Å². The molecular weight excluding hydrogens is 478 g/mol. The number of ether oxygens (including phenoxy) is 2. The second-order valence-corrected chi connectivity index (χ2v) is 11.6. The summed E-state index contributed by atoms with van der Waals surface area (Å²) >= 11 is 0. The zero-order valence-electron chi connectivity index (χ0n) is 23.3. The summed E-state index contributed by atoms with van der Waals surface area (Å²) in [5.74, 6) is 2.83. The minimum atomic E-state index is -0.740. The van der Waals surface area contributed by atoms with E-state index in [4.69, 9.17) is 9.47 Å². The molecule has 6 heteroatoms. The van der Waals surface area contributed by atoms with Crippen molar-refractivity contribution in [3.63, 3.8) is 0 Å². The van der Waals surface area contributed by atoms with Crippen molar-refractivity contribution < 1.29 is 24.2 Å². The first-order valence-corrected chi connectivity index (χ1v) is 14.2. The standard InChI is InChI=1S/C32H43NO5/c1-21(2)22(3)16-31(34)28-11-10-26(37-4)18-30(28)33-14-12-23(13-15-33)20-38-27-7-5-6-25(17-27)29(19-32(35)36)24-8-9-24/h5-7,10-11,17-18,21-24,29H,8-9,12-16,19-20H2,1-4H3,(H,35,36). The summed E-state index contributed by atoms with van der Waals surface area (Å²) in [7, 11) is 1.66. The predicted molar refractivity (Wildman–Crippen MR) is 151 cm³/mol. The van der Waals surface area contributed by atoms with Crippen molar-refractivity contribution in [3.8, 4) is 11.5 Å². The van der Waals surface area contributed by atoms with Crippen LogP contribution in [0.25, 0.3) is 0 Å². The largest absolute Gasteiger partial charge is 0.497 e. The number of methoxy groups -OCH3 is 1. The number of hydrogen-bond acceptors (Lipinski definition) is 5. The second kappa shape index (κ2) is 12.7. The fourth-order valence-electron chi connectivity index (χ4n) is 5.41. The minimum Gasteiger partial charge on any atom is -0.497 e. The van der Waals surface area contributed by atoms with Gasteiger partial charge in [0.1, 0.15) is 11.5 Å². The van der Waals surface area contributed by atoms with Crippen LogP contribution in [0.5, 0.6) is 11.5 Å². The third-order valence-corrected chi connectivity index (χ3v) is 8.46. The highest BCUT2D eigenvalue weighted by Gasteiger charge is 2.34. The number of carboxylic acids is 1. The van der Waals surface area contributed by atoms with Gasteiger partial charge in [-0.2, -0.15) is 0 Å². The molecule has 2 unspecified atom stereocenters. The van der Waals surface area contributed by atoms with Gasteiger partial charge in [-0.3, -0.25) is 9.59 Å². The molecule has 6 nitrogen and oxygen atoms in total. The molecule has 0 spiro atoms. The minimum absolute atomic E-state index is 0.0718. The number of rotatable bonds is 13. The lowest BCUT2D eigenvalue weighted by atomic mass is 9.89. The van der Waals surface area contributed by atoms with Gasteiger partial charge in [0.15, 0.2) is 5.78 Å². The molecule has 206 valence electrons. The van der Waals surface area contributed by atoms with Crippen LogP contribution in [-0.2, 0) is 4.79 Å². The SMILES string of the molecule is COc1ccc(C(=O)CC(C)C(C)C)c(N2CCC(COc3cccc(C(CC(=O)O)C4CC4)c3)CC2)c1. The van der Waals surface area contributed by atoms with Crippen molar-refractivity contribution in [3.05, 3.63) is 53.6 Å². The molecule has 1 aliphatic heterocycles. The summed E-state index contributed by atoms with van der Waals surface area (Å²) in [6, 6.07) is 13.8. The monoisotopic (exact) mass is 521 g/mol. The highest BCUT2D eigenvalue weighted by molar-refractivity contribution is 6.01. The van der Waals surface area contributed by atoms with Crippen LogP contribution in [0.3, 0.4) is 0 Å². The molecule has 38 heavy (non-hydrogen) atoms. The van der Waals surface area contributed by atoms with Gasteiger partial charge in [0, 0.05) is 31.1 Å². The molecule has 0 bridgehead atoms. The van der Waals surface area contributed by atoms with Crippen LogP contribution in [0, 0.1) is 23.7 Å². The zero-order valence-corrected chi connectivity index (χ0v) is 23.3. The summed E-state index contributed by atoms with van der Waals surface area (Å²) in [4.78, 5) is 26.9. The third kappa shape index (κ3) is 7.30. The van der Waals surface area contributed by atoms with Gasteiger partial charge in [-0.1, -0.05) is 32.9 Å². The summed E-state index contributed by atoms with van der Waals surface area (Å²) in [5.41, 5.74) is 2.84. The fraction of sp³-hybridized carbons (Fsp3) is 0.562. The maximum atomic E-state index is 13.2. The number of aliphatic carboxylic acids is 1. The second-order valence-electron chi connectivity index (χ2n) is 11.6. The molecule has 1 N–H and O–H groups in total. The number of piperidine rings is 1. The van der Waals surface area contributed by atoms with Crippen molar-refractivity contribution in [1.82, 2.24) is 0 Å². The average molecular weight is 522 g/mol. The highest BCUT2D eigenvalue weighted by atomic mass is 16.5. The average Bonchev–Trinajstić information content (AvgIpc) is 3.76. The van der Waals surface area contributed by atoms with E-state index in [0.717, 1.165) is 67.1 Å². The van der Waals surface area contributed by atoms with E-state index in [2.05, 4.69) is 25.7 Å². The summed E-state index contributed by atoms with van der Waals surface area (Å²) < 4.78 is 11.7. The van der Waals surface area contributed by atoms with Crippen molar-refractivity contribution in [1.29, 1.82) is 0 Å². The number of ketones is 1. The lowest BCUT2D eigenvalue weighted by molar-refractivity contribution is -0.137. The molecule has 1 aliphatic carbocycles. The molecular formula is C32H43NO5. The zero-order chi connectivity index (χ0) is 27.2. The van der Waals surface area contributed by atoms with E-state index in [1.165, 1.54) is 0 Å². The van der Waals surface area contributed by atoms with Gasteiger partial charge in [-0.25, -0.2) is 0 Å². The number of anilines is 1. The number of hydrogen-bond donors (Lipinski definition) is 1. The quantitative estimate of drug-likeness (QED) is 0.291. The van der Waals surface area contributed by atoms with Crippen LogP contribution in [0.2, 0.25) is 0 Å². The van der Waals surface area contributed by atoms with Crippen LogP contribution in [0.1, 0.15) is 81.1 Å². The molecule has 2 aromatic rings. The number of carbonyl (C=O) groups excluding carboxylic acids is 1. The number of Topliss-reactive ketones (excluding diaryl/α,β-unsaturated/α-hetero) is 1. The van der Waals surface area contributed by atoms with Gasteiger partial charge in [0.05, 0.1) is 25.8 Å². The van der Waals surface area contributed by atoms with Crippen LogP contribution in [-0.4, -0.2) is 43.7 Å². The number of carboxylic acid groups (broad SMARTS) is 1. The Morgan fingerprint density at radius 2 is 1.71 bits per heavy atom. The Morgan fingerprint density at radius 1 is 0.974 bits per heavy atom. The third-order valence-electron chi connectivity index (χ3n) is 8.46. The van der Waals surface area contributed by atoms with Gasteiger partial charge in [0.2, 0.25) is 0 Å². The molecule has 0 amide bonds. The van der Waals surface area contributed by atoms with Gasteiger partial charge >= 0.3 is 5.97 Å². The Morgan fingerprint density at radius 3 is 2.34 bits per heavy atom. The smallest absolute Gasteiger partial charge is 0.303 e. The molecule has 2 atom stereocenters. The van der Waals surface area contributed by atoms with Crippen molar-refractivity contribution in [2.45, 2.75) is 65.2 Å². The number of carbonyl (C=O) groups is 2. The van der Waals surface area contributed by atoms with E-state index in [1.54, 1.807) is 7.11 Å². The van der Waals surface area contributed by atoms with Crippen molar-refractivity contribution in [2.75, 3.05) is 31.7 Å². The first-order valence-electron chi connectivity index (χ1n) is 14.2. The Balaban J connectivity index is 1.36. The van der Waals surface area contributed by atoms with E-state index in [1.807, 2.05) is 42.5 Å². The molecule has 0 radical (unpaired) electrons. The van der Waals surface area contributed by atoms with E-state index in [0.29, 0.717) is 36.7 Å². The first kappa shape index (κ1) is 28.0. The van der Waals surface area contributed by atoms with E-state index in [9.17, 15) is 14.7 Å². The molecule has 1 saturated carbocycles. The van der Waals surface area contributed by atoms with Crippen LogP contribution < -0.4 is 14.4 Å². The Labute approximate surface area is 227 Å². The Bertz CT molecular complexity index is 1100. The number of nitrogens with zero attached hydrogens (tertiary/aromatic N) is 1. The molecule has 1 heterocycles. The van der Waals surface area contributed by atoms with E-state index in [-0.39, 0.29) is 18.1 Å². The molecule has 1 saturated heterocycles. The lowest BCUT2D eigenvalue weighted by Gasteiger charge is -2.35. The summed E-state index contributed by atoms with van der Waals surface area (Å²) in [5, 5.41) is 9.34. The van der Waals surface area contributed by atoms with Gasteiger partial charge < -0.3 is 19.5 Å².